The van der Waals surface area contributed by atoms with Gasteiger partial charge in [-0.1, -0.05) is 30.3 Å². The number of carbonyl (C=O) groups excluding carboxylic acids is 1. The molecular weight excluding hydrogens is 250 g/mol. The molecule has 0 N–H and O–H groups in total. The highest BCUT2D eigenvalue weighted by molar-refractivity contribution is 5.82. The fraction of sp³-hybridized carbons (Fsp3) is 0.588. The predicted octanol–water partition coefficient (Wildman–Crippen LogP) is 3.04. The number of esters is 1. The van der Waals surface area contributed by atoms with Crippen LogP contribution in [0.2, 0.25) is 0 Å². The Kier molecular flexibility index (Phi) is 4.19. The van der Waals surface area contributed by atoms with E-state index >= 15 is 0 Å². The monoisotopic (exact) mass is 275 g/mol. The number of likely N-dealkylation sites (N-methyl/N-ethyl adjacent to an activating group) is 1. The van der Waals surface area contributed by atoms with Crippen molar-refractivity contribution in [1.29, 1.82) is 0 Å². The van der Waals surface area contributed by atoms with Gasteiger partial charge in [0, 0.05) is 6.42 Å². The quantitative estimate of drug-likeness (QED) is 0.794. The number of hydrogen-bond acceptors (Lipinski definition) is 3. The minimum Gasteiger partial charge on any atom is -0.459 e. The molecule has 1 heterocycles. The van der Waals surface area contributed by atoms with Crippen LogP contribution in [0.4, 0.5) is 0 Å². The molecule has 0 amide bonds. The van der Waals surface area contributed by atoms with Gasteiger partial charge in [-0.15, -0.1) is 0 Å². The van der Waals surface area contributed by atoms with Gasteiger partial charge in [0.05, 0.1) is 0 Å². The Morgan fingerprint density at radius 1 is 1.30 bits per heavy atom. The molecule has 2 rings (SSSR count). The number of ether oxygens (including phenoxy) is 1. The Bertz CT molecular complexity index is 464. The van der Waals surface area contributed by atoms with Crippen molar-refractivity contribution in [3.8, 4) is 0 Å². The SMILES string of the molecule is CN1CCC[C@@]1(Cc1ccccc1)C(=O)OC(C)(C)C. The molecule has 1 aromatic carbocycles. The Labute approximate surface area is 121 Å². The Hall–Kier alpha value is -1.35. The molecule has 0 radical (unpaired) electrons. The lowest BCUT2D eigenvalue weighted by molar-refractivity contribution is -0.167. The molecular formula is C17H25NO2. The van der Waals surface area contributed by atoms with Gasteiger partial charge in [0.15, 0.2) is 0 Å². The van der Waals surface area contributed by atoms with E-state index in [0.717, 1.165) is 25.8 Å². The summed E-state index contributed by atoms with van der Waals surface area (Å²) in [5.74, 6) is -0.0890. The lowest BCUT2D eigenvalue weighted by atomic mass is 9.88. The van der Waals surface area contributed by atoms with Crippen LogP contribution in [-0.2, 0) is 16.0 Å². The van der Waals surface area contributed by atoms with E-state index < -0.39 is 11.1 Å². The van der Waals surface area contributed by atoms with Crippen LogP contribution in [0, 0.1) is 0 Å². The van der Waals surface area contributed by atoms with Crippen LogP contribution >= 0.6 is 0 Å². The second-order valence-corrected chi connectivity index (χ2v) is 6.72. The number of rotatable bonds is 3. The first-order valence-electron chi connectivity index (χ1n) is 7.32. The second kappa shape index (κ2) is 5.57. The Morgan fingerprint density at radius 2 is 1.95 bits per heavy atom. The van der Waals surface area contributed by atoms with Gasteiger partial charge >= 0.3 is 5.97 Å². The molecule has 1 aliphatic rings. The average molecular weight is 275 g/mol. The van der Waals surface area contributed by atoms with Gasteiger partial charge < -0.3 is 4.74 Å². The van der Waals surface area contributed by atoms with Crippen molar-refractivity contribution < 1.29 is 9.53 Å². The van der Waals surface area contributed by atoms with Gasteiger partial charge in [0.1, 0.15) is 11.1 Å². The van der Waals surface area contributed by atoms with E-state index in [4.69, 9.17) is 4.74 Å². The molecule has 1 atom stereocenters. The predicted molar refractivity (Wildman–Crippen MR) is 80.6 cm³/mol. The number of benzene rings is 1. The molecule has 110 valence electrons. The largest absolute Gasteiger partial charge is 0.459 e. The number of nitrogens with zero attached hydrogens (tertiary/aromatic N) is 1. The smallest absolute Gasteiger partial charge is 0.327 e. The van der Waals surface area contributed by atoms with Crippen LogP contribution in [-0.4, -0.2) is 35.6 Å². The molecule has 0 bridgehead atoms. The summed E-state index contributed by atoms with van der Waals surface area (Å²) < 4.78 is 5.69. The lowest BCUT2D eigenvalue weighted by Gasteiger charge is -2.36. The van der Waals surface area contributed by atoms with E-state index in [1.165, 1.54) is 5.56 Å². The van der Waals surface area contributed by atoms with Crippen LogP contribution in [0.3, 0.4) is 0 Å². The molecule has 0 unspecified atom stereocenters. The van der Waals surface area contributed by atoms with Gasteiger partial charge in [0.25, 0.3) is 0 Å². The highest BCUT2D eigenvalue weighted by Gasteiger charge is 2.47. The molecule has 0 saturated carbocycles. The van der Waals surface area contributed by atoms with Crippen LogP contribution in [0.25, 0.3) is 0 Å². The first kappa shape index (κ1) is 15.0. The van der Waals surface area contributed by atoms with Crippen molar-refractivity contribution in [3.63, 3.8) is 0 Å². The van der Waals surface area contributed by atoms with E-state index in [-0.39, 0.29) is 5.97 Å². The van der Waals surface area contributed by atoms with Gasteiger partial charge in [-0.25, -0.2) is 0 Å². The van der Waals surface area contributed by atoms with Crippen molar-refractivity contribution >= 4 is 5.97 Å². The van der Waals surface area contributed by atoms with Gasteiger partial charge in [0.2, 0.25) is 0 Å². The maximum atomic E-state index is 12.7. The minimum atomic E-state index is -0.505. The summed E-state index contributed by atoms with van der Waals surface area (Å²) in [5, 5.41) is 0. The second-order valence-electron chi connectivity index (χ2n) is 6.72. The van der Waals surface area contributed by atoms with Crippen LogP contribution in [0.1, 0.15) is 39.2 Å². The molecule has 0 aliphatic carbocycles. The molecule has 1 saturated heterocycles. The van der Waals surface area contributed by atoms with E-state index in [1.807, 2.05) is 46.0 Å². The normalized spacial score (nSPS) is 23.8. The van der Waals surface area contributed by atoms with Crippen molar-refractivity contribution in [2.45, 2.75) is 51.2 Å². The minimum absolute atomic E-state index is 0.0890. The maximum absolute atomic E-state index is 12.7. The van der Waals surface area contributed by atoms with E-state index in [2.05, 4.69) is 17.0 Å². The first-order chi connectivity index (χ1) is 9.33. The molecule has 1 fully saturated rings. The van der Waals surface area contributed by atoms with Crippen molar-refractivity contribution in [3.05, 3.63) is 35.9 Å². The van der Waals surface area contributed by atoms with Gasteiger partial charge in [-0.2, -0.15) is 0 Å². The molecule has 3 nitrogen and oxygen atoms in total. The molecule has 0 aromatic heterocycles. The third kappa shape index (κ3) is 3.21. The number of likely N-dealkylation sites (tertiary alicyclic amines) is 1. The zero-order chi connectivity index (χ0) is 14.8. The van der Waals surface area contributed by atoms with E-state index in [0.29, 0.717) is 0 Å². The fourth-order valence-electron chi connectivity index (χ4n) is 2.87. The average Bonchev–Trinajstić information content (AvgIpc) is 2.71. The zero-order valence-electron chi connectivity index (χ0n) is 13.0. The Morgan fingerprint density at radius 3 is 2.45 bits per heavy atom. The summed E-state index contributed by atoms with van der Waals surface area (Å²) in [6, 6.07) is 10.2. The van der Waals surface area contributed by atoms with Gasteiger partial charge in [-0.3, -0.25) is 9.69 Å². The van der Waals surface area contributed by atoms with E-state index in [1.54, 1.807) is 0 Å². The van der Waals surface area contributed by atoms with E-state index in [9.17, 15) is 4.79 Å². The lowest BCUT2D eigenvalue weighted by Crippen LogP contribution is -2.53. The van der Waals surface area contributed by atoms with Crippen molar-refractivity contribution in [2.24, 2.45) is 0 Å². The van der Waals surface area contributed by atoms with Crippen LogP contribution < -0.4 is 0 Å². The summed E-state index contributed by atoms with van der Waals surface area (Å²) >= 11 is 0. The number of carbonyl (C=O) groups is 1. The van der Waals surface area contributed by atoms with Gasteiger partial charge in [-0.05, 0) is 52.8 Å². The highest BCUT2D eigenvalue weighted by atomic mass is 16.6. The summed E-state index contributed by atoms with van der Waals surface area (Å²) in [5.41, 5.74) is 0.242. The maximum Gasteiger partial charge on any atom is 0.327 e. The summed E-state index contributed by atoms with van der Waals surface area (Å²) in [7, 11) is 2.03. The zero-order valence-corrected chi connectivity index (χ0v) is 13.0. The van der Waals surface area contributed by atoms with Crippen LogP contribution in [0.5, 0.6) is 0 Å². The third-order valence-corrected chi connectivity index (χ3v) is 3.93. The summed E-state index contributed by atoms with van der Waals surface area (Å²) in [6.07, 6.45) is 2.63. The van der Waals surface area contributed by atoms with Crippen LogP contribution in [0.15, 0.2) is 30.3 Å². The highest BCUT2D eigenvalue weighted by Crippen LogP contribution is 2.34. The fourth-order valence-corrected chi connectivity index (χ4v) is 2.87. The standard InChI is InChI=1S/C17H25NO2/c1-16(2,3)20-15(19)17(11-8-12-18(17)4)13-14-9-6-5-7-10-14/h5-7,9-10H,8,11-13H2,1-4H3/t17-/m1/s1. The topological polar surface area (TPSA) is 29.5 Å². The number of hydrogen-bond donors (Lipinski definition) is 0. The first-order valence-corrected chi connectivity index (χ1v) is 7.32. The van der Waals surface area contributed by atoms with Crippen molar-refractivity contribution in [2.75, 3.05) is 13.6 Å². The summed E-state index contributed by atoms with van der Waals surface area (Å²) in [4.78, 5) is 14.9. The van der Waals surface area contributed by atoms with Crippen molar-refractivity contribution in [1.82, 2.24) is 4.90 Å². The molecule has 20 heavy (non-hydrogen) atoms. The third-order valence-electron chi connectivity index (χ3n) is 3.93. The summed E-state index contributed by atoms with van der Waals surface area (Å²) in [6.45, 7) is 6.73. The molecule has 3 heteroatoms. The molecule has 1 aromatic rings. The molecule has 1 aliphatic heterocycles. The Balaban J connectivity index is 2.25. The molecule has 0 spiro atoms.